The Morgan fingerprint density at radius 3 is 2.91 bits per heavy atom. The molecular formula is C16H24N6O. The molecule has 1 N–H and O–H groups in total. The van der Waals surface area contributed by atoms with Crippen LogP contribution in [0.1, 0.15) is 39.0 Å². The van der Waals surface area contributed by atoms with Crippen molar-refractivity contribution in [3.63, 3.8) is 0 Å². The van der Waals surface area contributed by atoms with Crippen molar-refractivity contribution in [2.75, 3.05) is 13.1 Å². The van der Waals surface area contributed by atoms with E-state index in [-0.39, 0.29) is 5.91 Å². The van der Waals surface area contributed by atoms with E-state index in [0.29, 0.717) is 18.5 Å². The second kappa shape index (κ2) is 6.67. The van der Waals surface area contributed by atoms with E-state index < -0.39 is 5.54 Å². The summed E-state index contributed by atoms with van der Waals surface area (Å²) in [5, 5.41) is 16.5. The molecular weight excluding hydrogens is 292 g/mol. The molecule has 2 aliphatic rings. The van der Waals surface area contributed by atoms with Gasteiger partial charge in [-0.05, 0) is 45.1 Å². The highest BCUT2D eigenvalue weighted by molar-refractivity contribution is 5.79. The maximum Gasteiger partial charge on any atom is 0.235 e. The number of hydrogen-bond acceptors (Lipinski definition) is 5. The zero-order valence-electron chi connectivity index (χ0n) is 13.6. The van der Waals surface area contributed by atoms with E-state index in [1.165, 1.54) is 12.7 Å². The van der Waals surface area contributed by atoms with Crippen molar-refractivity contribution < 1.29 is 4.79 Å². The van der Waals surface area contributed by atoms with Gasteiger partial charge in [-0.15, -0.1) is 0 Å². The summed E-state index contributed by atoms with van der Waals surface area (Å²) in [7, 11) is 0. The molecule has 0 bridgehead atoms. The van der Waals surface area contributed by atoms with E-state index in [0.717, 1.165) is 38.8 Å². The Morgan fingerprint density at radius 1 is 1.43 bits per heavy atom. The van der Waals surface area contributed by atoms with Crippen LogP contribution in [0.2, 0.25) is 0 Å². The van der Waals surface area contributed by atoms with Gasteiger partial charge in [-0.2, -0.15) is 10.4 Å². The van der Waals surface area contributed by atoms with Crippen LogP contribution in [0.15, 0.2) is 12.7 Å². The number of nitriles is 1. The first-order valence-electron chi connectivity index (χ1n) is 8.39. The van der Waals surface area contributed by atoms with Crippen molar-refractivity contribution in [1.29, 1.82) is 5.26 Å². The van der Waals surface area contributed by atoms with Gasteiger partial charge in [-0.25, -0.2) is 4.98 Å². The highest BCUT2D eigenvalue weighted by Gasteiger charge is 2.43. The van der Waals surface area contributed by atoms with Crippen molar-refractivity contribution >= 4 is 5.91 Å². The monoisotopic (exact) mass is 316 g/mol. The highest BCUT2D eigenvalue weighted by Crippen LogP contribution is 2.39. The number of hydrogen-bond donors (Lipinski definition) is 1. The smallest absolute Gasteiger partial charge is 0.235 e. The summed E-state index contributed by atoms with van der Waals surface area (Å²) in [5.41, 5.74) is -0.714. The third-order valence-electron chi connectivity index (χ3n) is 4.99. The molecule has 0 radical (unpaired) electrons. The molecule has 2 heterocycles. The van der Waals surface area contributed by atoms with Crippen LogP contribution in [0, 0.1) is 17.2 Å². The first-order chi connectivity index (χ1) is 11.1. The fraction of sp³-hybridized carbons (Fsp3) is 0.750. The van der Waals surface area contributed by atoms with E-state index in [1.807, 2.05) is 11.6 Å². The van der Waals surface area contributed by atoms with Gasteiger partial charge in [0.25, 0.3) is 0 Å². The average molecular weight is 316 g/mol. The molecule has 1 saturated heterocycles. The number of likely N-dealkylation sites (tertiary alicyclic amines) is 1. The van der Waals surface area contributed by atoms with Crippen molar-refractivity contribution in [3.8, 4) is 6.07 Å². The number of amides is 1. The number of nitrogens with zero attached hydrogens (tertiary/aromatic N) is 5. The second-order valence-corrected chi connectivity index (χ2v) is 6.87. The molecule has 7 heteroatoms. The lowest BCUT2D eigenvalue weighted by molar-refractivity contribution is -0.124. The Morgan fingerprint density at radius 2 is 2.26 bits per heavy atom. The minimum absolute atomic E-state index is 0.0496. The third-order valence-corrected chi connectivity index (χ3v) is 4.99. The fourth-order valence-electron chi connectivity index (χ4n) is 3.41. The van der Waals surface area contributed by atoms with E-state index >= 15 is 0 Å². The molecule has 1 saturated carbocycles. The Balaban J connectivity index is 1.58. The Hall–Kier alpha value is -1.94. The molecule has 7 nitrogen and oxygen atoms in total. The maximum atomic E-state index is 12.4. The predicted octanol–water partition coefficient (Wildman–Crippen LogP) is 0.941. The molecule has 1 amide bonds. The van der Waals surface area contributed by atoms with Crippen LogP contribution in [-0.4, -0.2) is 50.2 Å². The van der Waals surface area contributed by atoms with Crippen molar-refractivity contribution in [2.45, 2.75) is 57.2 Å². The van der Waals surface area contributed by atoms with Crippen molar-refractivity contribution in [2.24, 2.45) is 5.92 Å². The number of aromatic nitrogens is 3. The molecule has 2 fully saturated rings. The van der Waals surface area contributed by atoms with Gasteiger partial charge in [0, 0.05) is 6.04 Å². The molecule has 0 unspecified atom stereocenters. The van der Waals surface area contributed by atoms with Gasteiger partial charge in [0.2, 0.25) is 5.91 Å². The summed E-state index contributed by atoms with van der Waals surface area (Å²) >= 11 is 0. The van der Waals surface area contributed by atoms with E-state index in [2.05, 4.69) is 26.4 Å². The third kappa shape index (κ3) is 3.88. The fourth-order valence-corrected chi connectivity index (χ4v) is 3.41. The summed E-state index contributed by atoms with van der Waals surface area (Å²) < 4.78 is 1.82. The SMILES string of the molecule is C[C@](C#N)(NC(=O)CN1CCCC[C@H]1Cn1cncn1)C1CC1. The minimum Gasteiger partial charge on any atom is -0.337 e. The van der Waals surface area contributed by atoms with Gasteiger partial charge < -0.3 is 5.32 Å². The summed E-state index contributed by atoms with van der Waals surface area (Å²) in [6, 6.07) is 2.58. The molecule has 0 spiro atoms. The summed E-state index contributed by atoms with van der Waals surface area (Å²) in [6.45, 7) is 3.86. The van der Waals surface area contributed by atoms with Crippen LogP contribution in [-0.2, 0) is 11.3 Å². The molecule has 2 atom stereocenters. The van der Waals surface area contributed by atoms with Gasteiger partial charge in [0.05, 0.1) is 19.2 Å². The molecule has 1 aliphatic heterocycles. The molecule has 3 rings (SSSR count). The zero-order chi connectivity index (χ0) is 16.3. The lowest BCUT2D eigenvalue weighted by atomic mass is 9.97. The first-order valence-corrected chi connectivity index (χ1v) is 8.39. The second-order valence-electron chi connectivity index (χ2n) is 6.87. The van der Waals surface area contributed by atoms with Gasteiger partial charge in [-0.3, -0.25) is 14.4 Å². The number of rotatable bonds is 6. The zero-order valence-corrected chi connectivity index (χ0v) is 13.6. The van der Waals surface area contributed by atoms with E-state index in [4.69, 9.17) is 0 Å². The number of carbonyl (C=O) groups is 1. The molecule has 1 aromatic heterocycles. The van der Waals surface area contributed by atoms with Crippen LogP contribution >= 0.6 is 0 Å². The maximum absolute atomic E-state index is 12.4. The summed E-state index contributed by atoms with van der Waals surface area (Å²) in [5.74, 6) is 0.259. The normalized spacial score (nSPS) is 24.6. The van der Waals surface area contributed by atoms with E-state index in [1.54, 1.807) is 6.33 Å². The van der Waals surface area contributed by atoms with Crippen LogP contribution in [0.4, 0.5) is 0 Å². The van der Waals surface area contributed by atoms with Crippen molar-refractivity contribution in [3.05, 3.63) is 12.7 Å². The quantitative estimate of drug-likeness (QED) is 0.844. The summed E-state index contributed by atoms with van der Waals surface area (Å²) in [6.07, 6.45) is 8.66. The predicted molar refractivity (Wildman–Crippen MR) is 84.1 cm³/mol. The Kier molecular flexibility index (Phi) is 4.62. The molecule has 124 valence electrons. The number of nitrogens with one attached hydrogen (secondary N) is 1. The lowest BCUT2D eigenvalue weighted by Gasteiger charge is -2.35. The molecule has 1 aromatic rings. The van der Waals surface area contributed by atoms with Crippen LogP contribution in [0.3, 0.4) is 0 Å². The van der Waals surface area contributed by atoms with Gasteiger partial charge in [-0.1, -0.05) is 6.42 Å². The van der Waals surface area contributed by atoms with E-state index in [9.17, 15) is 10.1 Å². The standard InChI is InChI=1S/C16H24N6O/c1-16(10-17,13-5-6-13)20-15(23)9-21-7-3-2-4-14(21)8-22-12-18-11-19-22/h11-14H,2-9H2,1H3,(H,20,23)/t14-,16+/m0/s1. The van der Waals surface area contributed by atoms with Crippen LogP contribution in [0.25, 0.3) is 0 Å². The minimum atomic E-state index is -0.714. The Labute approximate surface area is 136 Å². The first kappa shape index (κ1) is 15.9. The van der Waals surface area contributed by atoms with Crippen molar-refractivity contribution in [1.82, 2.24) is 25.0 Å². The number of carbonyl (C=O) groups excluding carboxylic acids is 1. The average Bonchev–Trinajstić information content (AvgIpc) is 3.28. The summed E-state index contributed by atoms with van der Waals surface area (Å²) in [4.78, 5) is 18.6. The highest BCUT2D eigenvalue weighted by atomic mass is 16.2. The lowest BCUT2D eigenvalue weighted by Crippen LogP contribution is -2.53. The largest absolute Gasteiger partial charge is 0.337 e. The van der Waals surface area contributed by atoms with Gasteiger partial charge in [0.1, 0.15) is 18.2 Å². The van der Waals surface area contributed by atoms with Gasteiger partial charge in [0.15, 0.2) is 0 Å². The molecule has 0 aromatic carbocycles. The Bertz CT molecular complexity index is 576. The topological polar surface area (TPSA) is 86.8 Å². The molecule has 23 heavy (non-hydrogen) atoms. The number of piperidine rings is 1. The van der Waals surface area contributed by atoms with Crippen LogP contribution in [0.5, 0.6) is 0 Å². The molecule has 1 aliphatic carbocycles. The van der Waals surface area contributed by atoms with Crippen LogP contribution < -0.4 is 5.32 Å². The van der Waals surface area contributed by atoms with Gasteiger partial charge >= 0.3 is 0 Å².